The van der Waals surface area contributed by atoms with Gasteiger partial charge in [0.15, 0.2) is 0 Å². The summed E-state index contributed by atoms with van der Waals surface area (Å²) < 4.78 is 28.0. The minimum atomic E-state index is -3.99. The summed E-state index contributed by atoms with van der Waals surface area (Å²) in [4.78, 5) is 12.8. The fraction of sp³-hybridized carbons (Fsp3) is 0.240. The van der Waals surface area contributed by atoms with E-state index in [1.807, 2.05) is 26.0 Å². The summed E-state index contributed by atoms with van der Waals surface area (Å²) in [6, 6.07) is 16.6. The van der Waals surface area contributed by atoms with Gasteiger partial charge in [0.2, 0.25) is 5.91 Å². The molecule has 186 valence electrons. The lowest BCUT2D eigenvalue weighted by Crippen LogP contribution is -2.41. The van der Waals surface area contributed by atoms with Crippen LogP contribution in [0.1, 0.15) is 16.7 Å². The third-order valence-corrected chi connectivity index (χ3v) is 8.94. The minimum Gasteiger partial charge on any atom is -0.354 e. The van der Waals surface area contributed by atoms with Gasteiger partial charge in [0.25, 0.3) is 10.0 Å². The molecule has 0 heterocycles. The number of hydrogen-bond donors (Lipinski definition) is 1. The lowest BCUT2D eigenvalue weighted by molar-refractivity contribution is -0.119. The summed E-state index contributed by atoms with van der Waals surface area (Å²) >= 11 is 19.7. The van der Waals surface area contributed by atoms with Crippen molar-refractivity contribution in [3.63, 3.8) is 0 Å². The molecule has 0 saturated carbocycles. The number of nitrogens with zero attached hydrogens (tertiary/aromatic N) is 1. The number of sulfonamides is 1. The molecule has 0 saturated heterocycles. The van der Waals surface area contributed by atoms with Gasteiger partial charge in [-0.05, 0) is 79.1 Å². The van der Waals surface area contributed by atoms with Gasteiger partial charge in [-0.15, -0.1) is 0 Å². The van der Waals surface area contributed by atoms with Gasteiger partial charge in [-0.25, -0.2) is 8.42 Å². The monoisotopic (exact) mass is 570 g/mol. The molecule has 0 aliphatic rings. The Morgan fingerprint density at radius 2 is 1.60 bits per heavy atom. The first-order chi connectivity index (χ1) is 16.6. The van der Waals surface area contributed by atoms with Crippen LogP contribution in [0, 0.1) is 13.8 Å². The van der Waals surface area contributed by atoms with Crippen molar-refractivity contribution in [3.8, 4) is 0 Å². The van der Waals surface area contributed by atoms with E-state index in [0.717, 1.165) is 21.0 Å². The van der Waals surface area contributed by atoms with Crippen LogP contribution >= 0.6 is 46.6 Å². The molecule has 0 radical (unpaired) electrons. The molecular weight excluding hydrogens is 547 g/mol. The SMILES string of the molecule is Cc1ccc(N(CC(=O)NCCSCc2ccc(Cl)cc2Cl)S(=O)(=O)c2ccc(Cl)cc2)cc1C. The Kier molecular flexibility index (Phi) is 9.78. The molecule has 3 rings (SSSR count). The largest absolute Gasteiger partial charge is 0.354 e. The molecule has 3 aromatic carbocycles. The number of nitrogens with one attached hydrogen (secondary N) is 1. The number of anilines is 1. The summed E-state index contributed by atoms with van der Waals surface area (Å²) in [5.41, 5.74) is 3.34. The molecule has 0 unspecified atom stereocenters. The van der Waals surface area contributed by atoms with Crippen LogP contribution in [-0.2, 0) is 20.6 Å². The topological polar surface area (TPSA) is 66.5 Å². The van der Waals surface area contributed by atoms with Crippen molar-refractivity contribution in [2.24, 2.45) is 0 Å². The molecule has 0 aliphatic carbocycles. The van der Waals surface area contributed by atoms with E-state index in [9.17, 15) is 13.2 Å². The maximum absolute atomic E-state index is 13.4. The zero-order valence-electron chi connectivity index (χ0n) is 19.2. The van der Waals surface area contributed by atoms with E-state index in [1.54, 1.807) is 36.0 Å². The minimum absolute atomic E-state index is 0.0586. The number of benzene rings is 3. The average Bonchev–Trinajstić information content (AvgIpc) is 2.80. The van der Waals surface area contributed by atoms with Gasteiger partial charge in [-0.1, -0.05) is 46.9 Å². The van der Waals surface area contributed by atoms with Crippen molar-refractivity contribution in [1.82, 2.24) is 5.32 Å². The van der Waals surface area contributed by atoms with Crippen LogP contribution in [-0.4, -0.2) is 33.2 Å². The summed E-state index contributed by atoms with van der Waals surface area (Å²) in [7, 11) is -3.99. The molecule has 0 spiro atoms. The van der Waals surface area contributed by atoms with E-state index in [2.05, 4.69) is 5.32 Å². The number of halogens is 3. The third-order valence-electron chi connectivity index (χ3n) is 5.31. The molecule has 0 fully saturated rings. The first kappa shape index (κ1) is 27.7. The van der Waals surface area contributed by atoms with Crippen molar-refractivity contribution in [3.05, 3.63) is 92.4 Å². The van der Waals surface area contributed by atoms with Crippen LogP contribution in [0.25, 0.3) is 0 Å². The fourth-order valence-electron chi connectivity index (χ4n) is 3.20. The highest BCUT2D eigenvalue weighted by molar-refractivity contribution is 7.98. The predicted molar refractivity (Wildman–Crippen MR) is 148 cm³/mol. The van der Waals surface area contributed by atoms with Crippen molar-refractivity contribution in [1.29, 1.82) is 0 Å². The van der Waals surface area contributed by atoms with E-state index in [0.29, 0.717) is 38.8 Å². The number of rotatable bonds is 10. The van der Waals surface area contributed by atoms with Crippen LogP contribution in [0.3, 0.4) is 0 Å². The van der Waals surface area contributed by atoms with Gasteiger partial charge >= 0.3 is 0 Å². The van der Waals surface area contributed by atoms with Gasteiger partial charge < -0.3 is 5.32 Å². The van der Waals surface area contributed by atoms with Crippen LogP contribution in [0.2, 0.25) is 15.1 Å². The Bertz CT molecular complexity index is 1300. The van der Waals surface area contributed by atoms with E-state index < -0.39 is 15.9 Å². The van der Waals surface area contributed by atoms with Crippen molar-refractivity contribution >= 4 is 68.2 Å². The maximum Gasteiger partial charge on any atom is 0.264 e. The van der Waals surface area contributed by atoms with Crippen molar-refractivity contribution < 1.29 is 13.2 Å². The fourth-order valence-corrected chi connectivity index (χ4v) is 6.16. The van der Waals surface area contributed by atoms with Gasteiger partial charge in [0, 0.05) is 33.1 Å². The second kappa shape index (κ2) is 12.4. The van der Waals surface area contributed by atoms with E-state index >= 15 is 0 Å². The second-order valence-corrected chi connectivity index (χ2v) is 12.1. The molecule has 0 bridgehead atoms. The first-order valence-corrected chi connectivity index (χ1v) is 14.4. The van der Waals surface area contributed by atoms with E-state index in [4.69, 9.17) is 34.8 Å². The summed E-state index contributed by atoms with van der Waals surface area (Å²) in [5.74, 6) is 0.912. The van der Waals surface area contributed by atoms with E-state index in [-0.39, 0.29) is 11.4 Å². The van der Waals surface area contributed by atoms with Crippen molar-refractivity contribution in [2.75, 3.05) is 23.1 Å². The zero-order chi connectivity index (χ0) is 25.6. The molecular formula is C25H25Cl3N2O3S2. The normalized spacial score (nSPS) is 11.3. The summed E-state index contributed by atoms with van der Waals surface area (Å²) in [6.45, 7) is 3.88. The molecule has 10 heteroatoms. The van der Waals surface area contributed by atoms with Gasteiger partial charge in [0.05, 0.1) is 10.6 Å². The van der Waals surface area contributed by atoms with E-state index in [1.165, 1.54) is 24.3 Å². The Labute approximate surface area is 225 Å². The smallest absolute Gasteiger partial charge is 0.264 e. The summed E-state index contributed by atoms with van der Waals surface area (Å²) in [6.07, 6.45) is 0. The number of carbonyl (C=O) groups excluding carboxylic acids is 1. The number of carbonyl (C=O) groups is 1. The lowest BCUT2D eigenvalue weighted by Gasteiger charge is -2.25. The molecule has 3 aromatic rings. The average molecular weight is 572 g/mol. The Morgan fingerprint density at radius 3 is 2.26 bits per heavy atom. The molecule has 5 nitrogen and oxygen atoms in total. The molecule has 0 atom stereocenters. The quantitative estimate of drug-likeness (QED) is 0.282. The number of thioether (sulfide) groups is 1. The highest BCUT2D eigenvalue weighted by Crippen LogP contribution is 2.27. The highest BCUT2D eigenvalue weighted by atomic mass is 35.5. The lowest BCUT2D eigenvalue weighted by atomic mass is 10.1. The first-order valence-electron chi connectivity index (χ1n) is 10.7. The number of hydrogen-bond acceptors (Lipinski definition) is 4. The molecule has 1 N–H and O–H groups in total. The van der Waals surface area contributed by atoms with Crippen molar-refractivity contribution in [2.45, 2.75) is 24.5 Å². The standard InChI is InChI=1S/C25H25Cl3N2O3S2/c1-17-3-8-22(13-18(17)2)30(35(32,33)23-9-6-20(26)7-10-23)15-25(31)29-11-12-34-16-19-4-5-21(27)14-24(19)28/h3-10,13-14H,11-12,15-16H2,1-2H3,(H,29,31). The Morgan fingerprint density at radius 1 is 0.914 bits per heavy atom. The predicted octanol–water partition coefficient (Wildman–Crippen LogP) is 6.51. The van der Waals surface area contributed by atoms with Crippen LogP contribution < -0.4 is 9.62 Å². The highest BCUT2D eigenvalue weighted by Gasteiger charge is 2.27. The molecule has 1 amide bonds. The Hall–Kier alpha value is -1.90. The van der Waals surface area contributed by atoms with Crippen LogP contribution in [0.4, 0.5) is 5.69 Å². The zero-order valence-corrected chi connectivity index (χ0v) is 23.1. The number of aryl methyl sites for hydroxylation is 2. The van der Waals surface area contributed by atoms with Gasteiger partial charge in [0.1, 0.15) is 6.54 Å². The van der Waals surface area contributed by atoms with Crippen LogP contribution in [0.15, 0.2) is 65.6 Å². The molecule has 0 aromatic heterocycles. The molecule has 35 heavy (non-hydrogen) atoms. The van der Waals surface area contributed by atoms with Crippen LogP contribution in [0.5, 0.6) is 0 Å². The second-order valence-electron chi connectivity index (χ2n) is 7.87. The third kappa shape index (κ3) is 7.54. The Balaban J connectivity index is 1.67. The molecule has 0 aliphatic heterocycles. The van der Waals surface area contributed by atoms with Gasteiger partial charge in [-0.2, -0.15) is 11.8 Å². The summed E-state index contributed by atoms with van der Waals surface area (Å²) in [5, 5.41) is 4.42. The maximum atomic E-state index is 13.4. The number of amides is 1. The van der Waals surface area contributed by atoms with Gasteiger partial charge in [-0.3, -0.25) is 9.10 Å².